The molecule has 1 aliphatic carbocycles. The fourth-order valence-corrected chi connectivity index (χ4v) is 3.94. The lowest BCUT2D eigenvalue weighted by atomic mass is 10.1. The number of aliphatic hydroxyl groups is 1. The van der Waals surface area contributed by atoms with E-state index in [0.29, 0.717) is 10.6 Å². The topological polar surface area (TPSA) is 75.4 Å². The van der Waals surface area contributed by atoms with Crippen LogP contribution in [0.25, 0.3) is 10.1 Å². The zero-order valence-corrected chi connectivity index (χ0v) is 12.0. The maximum atomic E-state index is 12.4. The van der Waals surface area contributed by atoms with E-state index in [1.165, 1.54) is 11.3 Å². The lowest BCUT2D eigenvalue weighted by Gasteiger charge is -2.18. The van der Waals surface area contributed by atoms with Crippen molar-refractivity contribution in [2.45, 2.75) is 25.3 Å². The van der Waals surface area contributed by atoms with Crippen molar-refractivity contribution in [1.29, 1.82) is 0 Å². The number of hydrogen-bond donors (Lipinski definition) is 3. The Hall–Kier alpha value is -1.59. The van der Waals surface area contributed by atoms with Gasteiger partial charge in [0.15, 0.2) is 0 Å². The number of aliphatic hydroxyl groups excluding tert-OH is 1. The number of benzene rings is 1. The van der Waals surface area contributed by atoms with Gasteiger partial charge in [0.2, 0.25) is 0 Å². The Balaban J connectivity index is 1.84. The Bertz CT molecular complexity index is 638. The van der Waals surface area contributed by atoms with Crippen LogP contribution in [0.3, 0.4) is 0 Å². The first-order valence-electron chi connectivity index (χ1n) is 6.89. The van der Waals surface area contributed by atoms with Crippen LogP contribution in [-0.4, -0.2) is 23.7 Å². The standard InChI is InChI=1S/C15H18N2O2S/c16-13-10-5-1-2-7-12(10)20-14(13)15(19)17-11-6-3-4-9(11)8-18/h1-2,5,7,9,11,18H,3-4,6,8,16H2,(H,17,19). The summed E-state index contributed by atoms with van der Waals surface area (Å²) < 4.78 is 1.03. The summed E-state index contributed by atoms with van der Waals surface area (Å²) in [7, 11) is 0. The molecular weight excluding hydrogens is 272 g/mol. The maximum absolute atomic E-state index is 12.4. The highest BCUT2D eigenvalue weighted by atomic mass is 32.1. The van der Waals surface area contributed by atoms with E-state index in [9.17, 15) is 9.90 Å². The van der Waals surface area contributed by atoms with Gasteiger partial charge in [0, 0.05) is 28.7 Å². The predicted octanol–water partition coefficient (Wildman–Crippen LogP) is 2.37. The van der Waals surface area contributed by atoms with Crippen molar-refractivity contribution in [3.05, 3.63) is 29.1 Å². The van der Waals surface area contributed by atoms with Crippen LogP contribution < -0.4 is 11.1 Å². The second-order valence-corrected chi connectivity index (χ2v) is 6.35. The summed E-state index contributed by atoms with van der Waals surface area (Å²) in [5, 5.41) is 13.3. The Morgan fingerprint density at radius 1 is 1.40 bits per heavy atom. The number of fused-ring (bicyclic) bond motifs is 1. The van der Waals surface area contributed by atoms with Crippen molar-refractivity contribution in [2.75, 3.05) is 12.3 Å². The van der Waals surface area contributed by atoms with Crippen LogP contribution in [0.2, 0.25) is 0 Å². The van der Waals surface area contributed by atoms with Gasteiger partial charge in [0.05, 0.1) is 5.69 Å². The summed E-state index contributed by atoms with van der Waals surface area (Å²) in [6.45, 7) is 0.132. The van der Waals surface area contributed by atoms with Gasteiger partial charge >= 0.3 is 0 Å². The molecule has 2 atom stereocenters. The van der Waals surface area contributed by atoms with Gasteiger partial charge in [-0.15, -0.1) is 11.3 Å². The van der Waals surface area contributed by atoms with Crippen molar-refractivity contribution < 1.29 is 9.90 Å². The fraction of sp³-hybridized carbons (Fsp3) is 0.400. The number of anilines is 1. The van der Waals surface area contributed by atoms with E-state index in [1.807, 2.05) is 24.3 Å². The Morgan fingerprint density at radius 3 is 2.95 bits per heavy atom. The summed E-state index contributed by atoms with van der Waals surface area (Å²) in [6, 6.07) is 7.84. The summed E-state index contributed by atoms with van der Waals surface area (Å²) >= 11 is 1.42. The number of nitrogens with two attached hydrogens (primary N) is 1. The number of carbonyl (C=O) groups is 1. The molecule has 1 aromatic carbocycles. The summed E-state index contributed by atoms with van der Waals surface area (Å²) in [5.41, 5.74) is 6.64. The van der Waals surface area contributed by atoms with Gasteiger partial charge in [-0.2, -0.15) is 0 Å². The van der Waals surface area contributed by atoms with Gasteiger partial charge in [-0.05, 0) is 18.9 Å². The first-order chi connectivity index (χ1) is 9.70. The lowest BCUT2D eigenvalue weighted by molar-refractivity contribution is 0.0921. The SMILES string of the molecule is Nc1c(C(=O)NC2CCCC2CO)sc2ccccc12. The number of thiophene rings is 1. The Morgan fingerprint density at radius 2 is 2.20 bits per heavy atom. The zero-order chi connectivity index (χ0) is 14.1. The third-order valence-corrected chi connectivity index (χ3v) is 5.24. The van der Waals surface area contributed by atoms with Crippen LogP contribution in [0.5, 0.6) is 0 Å². The molecule has 0 saturated heterocycles. The first kappa shape index (κ1) is 13.4. The number of hydrogen-bond acceptors (Lipinski definition) is 4. The minimum atomic E-state index is -0.117. The molecule has 4 N–H and O–H groups in total. The molecule has 0 aliphatic heterocycles. The van der Waals surface area contributed by atoms with Crippen LogP contribution in [0, 0.1) is 5.92 Å². The molecule has 3 rings (SSSR count). The van der Waals surface area contributed by atoms with Crippen LogP contribution in [-0.2, 0) is 0 Å². The van der Waals surface area contributed by atoms with Gasteiger partial charge < -0.3 is 16.2 Å². The van der Waals surface area contributed by atoms with E-state index in [0.717, 1.165) is 29.3 Å². The molecule has 0 radical (unpaired) electrons. The first-order valence-corrected chi connectivity index (χ1v) is 7.71. The number of nitrogen functional groups attached to an aromatic ring is 1. The van der Waals surface area contributed by atoms with Crippen molar-refractivity contribution in [3.8, 4) is 0 Å². The highest BCUT2D eigenvalue weighted by molar-refractivity contribution is 7.21. The second kappa shape index (κ2) is 5.42. The zero-order valence-electron chi connectivity index (χ0n) is 11.1. The maximum Gasteiger partial charge on any atom is 0.263 e. The van der Waals surface area contributed by atoms with Crippen molar-refractivity contribution in [2.24, 2.45) is 5.92 Å². The van der Waals surface area contributed by atoms with E-state index < -0.39 is 0 Å². The third-order valence-electron chi connectivity index (χ3n) is 4.05. The molecule has 2 aromatic rings. The summed E-state index contributed by atoms with van der Waals surface area (Å²) in [6.07, 6.45) is 2.96. The normalized spacial score (nSPS) is 22.2. The van der Waals surface area contributed by atoms with Crippen molar-refractivity contribution in [1.82, 2.24) is 5.32 Å². The Labute approximate surface area is 121 Å². The monoisotopic (exact) mass is 290 g/mol. The lowest BCUT2D eigenvalue weighted by Crippen LogP contribution is -2.38. The van der Waals surface area contributed by atoms with Gasteiger partial charge in [-0.25, -0.2) is 0 Å². The molecule has 20 heavy (non-hydrogen) atoms. The summed E-state index contributed by atoms with van der Waals surface area (Å²) in [4.78, 5) is 13.0. The van der Waals surface area contributed by atoms with Crippen molar-refractivity contribution >= 4 is 33.0 Å². The number of rotatable bonds is 3. The third kappa shape index (κ3) is 2.27. The van der Waals surface area contributed by atoms with Crippen LogP contribution in [0.4, 0.5) is 5.69 Å². The molecular formula is C15H18N2O2S. The van der Waals surface area contributed by atoms with Crippen LogP contribution in [0.1, 0.15) is 28.9 Å². The van der Waals surface area contributed by atoms with Gasteiger partial charge in [0.1, 0.15) is 4.88 Å². The van der Waals surface area contributed by atoms with Crippen LogP contribution >= 0.6 is 11.3 Å². The molecule has 1 aliphatic rings. The number of amides is 1. The Kier molecular flexibility index (Phi) is 3.63. The van der Waals surface area contributed by atoms with Crippen LogP contribution in [0.15, 0.2) is 24.3 Å². The predicted molar refractivity (Wildman–Crippen MR) is 81.9 cm³/mol. The average Bonchev–Trinajstić information content (AvgIpc) is 3.04. The molecule has 2 unspecified atom stereocenters. The van der Waals surface area contributed by atoms with E-state index >= 15 is 0 Å². The highest BCUT2D eigenvalue weighted by Gasteiger charge is 2.29. The highest BCUT2D eigenvalue weighted by Crippen LogP contribution is 2.34. The molecule has 1 saturated carbocycles. The van der Waals surface area contributed by atoms with Gasteiger partial charge in [-0.1, -0.05) is 24.6 Å². The van der Waals surface area contributed by atoms with E-state index in [1.54, 1.807) is 0 Å². The average molecular weight is 290 g/mol. The number of nitrogens with one attached hydrogen (secondary N) is 1. The molecule has 0 bridgehead atoms. The van der Waals surface area contributed by atoms with Crippen molar-refractivity contribution in [3.63, 3.8) is 0 Å². The van der Waals surface area contributed by atoms with Gasteiger partial charge in [0.25, 0.3) is 5.91 Å². The molecule has 1 amide bonds. The minimum Gasteiger partial charge on any atom is -0.397 e. The molecule has 106 valence electrons. The van der Waals surface area contributed by atoms with E-state index in [2.05, 4.69) is 5.32 Å². The molecule has 1 aromatic heterocycles. The van der Waals surface area contributed by atoms with E-state index in [4.69, 9.17) is 5.73 Å². The second-order valence-electron chi connectivity index (χ2n) is 5.29. The fourth-order valence-electron chi connectivity index (χ4n) is 2.91. The largest absolute Gasteiger partial charge is 0.397 e. The molecule has 1 heterocycles. The molecule has 5 heteroatoms. The smallest absolute Gasteiger partial charge is 0.263 e. The van der Waals surface area contributed by atoms with Gasteiger partial charge in [-0.3, -0.25) is 4.79 Å². The number of carbonyl (C=O) groups excluding carboxylic acids is 1. The summed E-state index contributed by atoms with van der Waals surface area (Å²) in [5.74, 6) is 0.0589. The quantitative estimate of drug-likeness (QED) is 0.812. The molecule has 0 spiro atoms. The minimum absolute atomic E-state index is 0.0668. The molecule has 1 fully saturated rings. The molecule has 4 nitrogen and oxygen atoms in total. The van der Waals surface area contributed by atoms with E-state index in [-0.39, 0.29) is 24.5 Å².